The quantitative estimate of drug-likeness (QED) is 0.233. The third-order valence-corrected chi connectivity index (χ3v) is 8.60. The maximum atomic E-state index is 13.0. The van der Waals surface area contributed by atoms with Gasteiger partial charge in [0, 0.05) is 0 Å². The summed E-state index contributed by atoms with van der Waals surface area (Å²) in [5.74, 6) is -3.64. The van der Waals surface area contributed by atoms with Crippen molar-refractivity contribution in [3.63, 3.8) is 0 Å². The van der Waals surface area contributed by atoms with Crippen LogP contribution in [-0.4, -0.2) is 72.6 Å². The van der Waals surface area contributed by atoms with E-state index in [1.807, 2.05) is 6.07 Å². The molecule has 3 atom stereocenters. The van der Waals surface area contributed by atoms with Gasteiger partial charge in [0.1, 0.15) is 31.7 Å². The zero-order chi connectivity index (χ0) is 24.4. The molecule has 180 valence electrons. The molecule has 1 N–H and O–H groups in total. The van der Waals surface area contributed by atoms with E-state index in [-0.39, 0.29) is 6.61 Å². The molecule has 2 fully saturated rings. The molecular weight excluding hydrogens is 480 g/mol. The Kier molecular flexibility index (Phi) is 7.17. The monoisotopic (exact) mass is 502 g/mol. The Morgan fingerprint density at radius 2 is 1.79 bits per heavy atom. The summed E-state index contributed by atoms with van der Waals surface area (Å²) >= 11 is 5.40. The van der Waals surface area contributed by atoms with Crippen molar-refractivity contribution < 1.29 is 41.8 Å². The van der Waals surface area contributed by atoms with Gasteiger partial charge in [0.15, 0.2) is 21.3 Å². The van der Waals surface area contributed by atoms with Crippen molar-refractivity contribution in [1.29, 1.82) is 0 Å². The van der Waals surface area contributed by atoms with Gasteiger partial charge < -0.3 is 24.4 Å². The molecule has 0 aliphatic carbocycles. The second kappa shape index (κ2) is 9.56. The fourth-order valence-corrected chi connectivity index (χ4v) is 6.23. The Hall–Kier alpha value is -2.86. The number of nitrogens with zero attached hydrogens (tertiary/aromatic N) is 1. The van der Waals surface area contributed by atoms with Gasteiger partial charge in [0.25, 0.3) is 0 Å². The Morgan fingerprint density at radius 3 is 2.42 bits per heavy atom. The maximum absolute atomic E-state index is 13.0. The highest BCUT2D eigenvalue weighted by Crippen LogP contribution is 2.48. The van der Waals surface area contributed by atoms with Crippen molar-refractivity contribution >= 4 is 45.4 Å². The smallest absolute Gasteiger partial charge is 0.407 e. The molecule has 2 aliphatic heterocycles. The number of alkyl halides is 1. The van der Waals surface area contributed by atoms with Gasteiger partial charge in [0.2, 0.25) is 5.91 Å². The lowest BCUT2D eigenvalue weighted by atomic mass is 9.92. The van der Waals surface area contributed by atoms with Crippen LogP contribution in [0, 0.1) is 5.92 Å². The molecule has 33 heavy (non-hydrogen) atoms. The van der Waals surface area contributed by atoms with E-state index in [0.29, 0.717) is 0 Å². The maximum Gasteiger partial charge on any atom is 0.407 e. The minimum Gasteiger partial charge on any atom is -0.463 e. The number of amides is 2. The molecule has 1 aromatic rings. The number of hydrogen-bond acceptors (Lipinski definition) is 9. The summed E-state index contributed by atoms with van der Waals surface area (Å²) in [6, 6.07) is 7.07. The number of benzene rings is 1. The number of alkyl carbamates (subject to hydrolysis) is 1. The molecule has 0 radical (unpaired) electrons. The topological polar surface area (TPSA) is 145 Å². The first-order valence-electron chi connectivity index (χ1n) is 9.90. The molecular formula is C20H23ClN2O9S. The first kappa shape index (κ1) is 24.8. The van der Waals surface area contributed by atoms with Crippen LogP contribution in [0.15, 0.2) is 30.3 Å². The lowest BCUT2D eigenvalue weighted by Gasteiger charge is -2.42. The first-order chi connectivity index (χ1) is 15.5. The number of fused-ring (bicyclic) bond motifs is 1. The highest BCUT2D eigenvalue weighted by molar-refractivity contribution is 7.93. The normalized spacial score (nSPS) is 24.3. The number of β-lactam (4-membered cyclic amide) rings is 1. The third-order valence-electron chi connectivity index (χ3n) is 5.61. The van der Waals surface area contributed by atoms with Gasteiger partial charge in [-0.05, 0) is 19.4 Å². The molecule has 0 bridgehead atoms. The summed E-state index contributed by atoms with van der Waals surface area (Å²) in [6.45, 7) is 1.60. The lowest BCUT2D eigenvalue weighted by molar-refractivity contribution is -0.170. The fourth-order valence-electron chi connectivity index (χ4n) is 3.83. The molecule has 0 saturated carbocycles. The van der Waals surface area contributed by atoms with Crippen molar-refractivity contribution in [2.45, 2.75) is 36.6 Å². The van der Waals surface area contributed by atoms with Crippen molar-refractivity contribution in [1.82, 2.24) is 10.2 Å². The largest absolute Gasteiger partial charge is 0.463 e. The van der Waals surface area contributed by atoms with Gasteiger partial charge in [-0.25, -0.2) is 18.0 Å². The molecule has 2 aliphatic rings. The average molecular weight is 503 g/mol. The van der Waals surface area contributed by atoms with Crippen LogP contribution >= 0.6 is 11.6 Å². The minimum absolute atomic E-state index is 0.0107. The summed E-state index contributed by atoms with van der Waals surface area (Å²) in [4.78, 5) is 49.4. The molecule has 2 amide bonds. The summed E-state index contributed by atoms with van der Waals surface area (Å²) < 4.78 is 39.0. The van der Waals surface area contributed by atoms with E-state index in [2.05, 4.69) is 5.32 Å². The minimum atomic E-state index is -3.99. The molecule has 13 heteroatoms. The summed E-state index contributed by atoms with van der Waals surface area (Å²) in [6.07, 6.45) is -0.845. The van der Waals surface area contributed by atoms with Crippen LogP contribution < -0.4 is 5.32 Å². The van der Waals surface area contributed by atoms with E-state index in [9.17, 15) is 27.6 Å². The second-order valence-electron chi connectivity index (χ2n) is 7.96. The van der Waals surface area contributed by atoms with E-state index in [1.54, 1.807) is 24.3 Å². The zero-order valence-electron chi connectivity index (χ0n) is 17.9. The highest BCUT2D eigenvalue weighted by Gasteiger charge is 2.72. The number of esters is 2. The van der Waals surface area contributed by atoms with Gasteiger partial charge in [0.05, 0.1) is 4.75 Å². The molecule has 3 rings (SSSR count). The standard InChI is InChI=1S/C20H23ClN2O9S/c1-20(2)15(18(26)32-11-21)23-16(25)13(17(23)33(20,28)29)10-30-14(24)8-22-19(27)31-9-12-6-4-3-5-7-12/h3-7,13,15,17H,8-11H2,1-2H3,(H,22,27)/t13-,15-,17+/m0/s1. The number of hydrogen-bond donors (Lipinski definition) is 1. The number of halogens is 1. The molecule has 0 aromatic heterocycles. The van der Waals surface area contributed by atoms with E-state index >= 15 is 0 Å². The van der Waals surface area contributed by atoms with Crippen LogP contribution in [0.2, 0.25) is 0 Å². The van der Waals surface area contributed by atoms with E-state index in [1.165, 1.54) is 13.8 Å². The van der Waals surface area contributed by atoms with Gasteiger partial charge in [-0.1, -0.05) is 41.9 Å². The molecule has 2 saturated heterocycles. The van der Waals surface area contributed by atoms with Crippen molar-refractivity contribution in [2.24, 2.45) is 5.92 Å². The van der Waals surface area contributed by atoms with Gasteiger partial charge in [-0.15, -0.1) is 0 Å². The van der Waals surface area contributed by atoms with Crippen LogP contribution in [0.3, 0.4) is 0 Å². The number of rotatable bonds is 8. The summed E-state index contributed by atoms with van der Waals surface area (Å²) in [5, 5.41) is 0.883. The number of carbonyl (C=O) groups is 4. The molecule has 1 aromatic carbocycles. The number of sulfone groups is 1. The SMILES string of the molecule is CC1(C)[C@H](C(=O)OCCl)N2C(=O)[C@H](COC(=O)CNC(=O)OCc3ccccc3)[C@H]2S1(=O)=O. The molecule has 0 unspecified atom stereocenters. The van der Waals surface area contributed by atoms with Gasteiger partial charge >= 0.3 is 18.0 Å². The van der Waals surface area contributed by atoms with Gasteiger partial charge in [-0.2, -0.15) is 0 Å². The van der Waals surface area contributed by atoms with Crippen molar-refractivity contribution in [3.8, 4) is 0 Å². The Labute approximate surface area is 195 Å². The second-order valence-corrected chi connectivity index (χ2v) is 10.8. The number of nitrogens with one attached hydrogen (secondary N) is 1. The predicted molar refractivity (Wildman–Crippen MR) is 113 cm³/mol. The average Bonchev–Trinajstić information content (AvgIpc) is 2.91. The zero-order valence-corrected chi connectivity index (χ0v) is 19.4. The molecule has 2 heterocycles. The van der Waals surface area contributed by atoms with Crippen LogP contribution in [-0.2, 0) is 45.0 Å². The molecule has 0 spiro atoms. The fraction of sp³-hybridized carbons (Fsp3) is 0.500. The van der Waals surface area contributed by atoms with E-state index in [0.717, 1.165) is 10.5 Å². The first-order valence-corrected chi connectivity index (χ1v) is 12.0. The van der Waals surface area contributed by atoms with Crippen molar-refractivity contribution in [2.75, 3.05) is 19.2 Å². The summed E-state index contributed by atoms with van der Waals surface area (Å²) in [5.41, 5.74) is 0.761. The Balaban J connectivity index is 1.52. The third kappa shape index (κ3) is 4.62. The Morgan fingerprint density at radius 1 is 1.12 bits per heavy atom. The van der Waals surface area contributed by atoms with Crippen LogP contribution in [0.4, 0.5) is 4.79 Å². The van der Waals surface area contributed by atoms with Crippen LogP contribution in [0.5, 0.6) is 0 Å². The Bertz CT molecular complexity index is 1040. The van der Waals surface area contributed by atoms with E-state index in [4.69, 9.17) is 25.8 Å². The highest BCUT2D eigenvalue weighted by atomic mass is 35.5. The predicted octanol–water partition coefficient (Wildman–Crippen LogP) is 0.556. The van der Waals surface area contributed by atoms with Crippen molar-refractivity contribution in [3.05, 3.63) is 35.9 Å². The van der Waals surface area contributed by atoms with Gasteiger partial charge in [-0.3, -0.25) is 9.59 Å². The summed E-state index contributed by atoms with van der Waals surface area (Å²) in [7, 11) is -3.99. The lowest BCUT2D eigenvalue weighted by Crippen LogP contribution is -2.65. The van der Waals surface area contributed by atoms with Crippen LogP contribution in [0.25, 0.3) is 0 Å². The number of ether oxygens (including phenoxy) is 3. The van der Waals surface area contributed by atoms with Crippen LogP contribution in [0.1, 0.15) is 19.4 Å². The molecule has 11 nitrogen and oxygen atoms in total. The number of carbonyl (C=O) groups excluding carboxylic acids is 4. The van der Waals surface area contributed by atoms with E-state index < -0.39 is 75.1 Å².